The second-order valence-corrected chi connectivity index (χ2v) is 6.92. The van der Waals surface area contributed by atoms with Crippen LogP contribution in [0.25, 0.3) is 0 Å². The molecule has 0 spiro atoms. The molecule has 2 aromatic rings. The van der Waals surface area contributed by atoms with E-state index in [1.165, 1.54) is 12.4 Å². The Morgan fingerprint density at radius 3 is 2.76 bits per heavy atom. The summed E-state index contributed by atoms with van der Waals surface area (Å²) in [6.07, 6.45) is 6.87. The van der Waals surface area contributed by atoms with Gasteiger partial charge in [0.05, 0.1) is 12.5 Å². The Kier molecular flexibility index (Phi) is 5.79. The zero-order valence-corrected chi connectivity index (χ0v) is 14.6. The summed E-state index contributed by atoms with van der Waals surface area (Å²) >= 11 is 0. The molecule has 1 aliphatic rings. The lowest BCUT2D eigenvalue weighted by molar-refractivity contribution is -0.136. The van der Waals surface area contributed by atoms with Gasteiger partial charge in [0.2, 0.25) is 5.91 Å². The number of aromatic nitrogens is 3. The minimum Gasteiger partial charge on any atom is -0.342 e. The summed E-state index contributed by atoms with van der Waals surface area (Å²) in [6, 6.07) is 6.99. The molecule has 0 saturated carbocycles. The molecule has 0 N–H and O–H groups in total. The van der Waals surface area contributed by atoms with Gasteiger partial charge in [0.15, 0.2) is 0 Å². The average molecular weight is 344 g/mol. The molecule has 2 heterocycles. The lowest BCUT2D eigenvalue weighted by atomic mass is 9.90. The number of nitrogens with zero attached hydrogens (tertiary/aromatic N) is 4. The van der Waals surface area contributed by atoms with Crippen LogP contribution in [0.4, 0.5) is 4.39 Å². The summed E-state index contributed by atoms with van der Waals surface area (Å²) < 4.78 is 15.4. The number of rotatable bonds is 6. The van der Waals surface area contributed by atoms with Crippen LogP contribution in [0.5, 0.6) is 0 Å². The SMILES string of the molecule is CC(Cn1cncn1)C(=O)N1CCC(CCc2ccccc2F)CC1. The number of piperidine rings is 1. The Bertz CT molecular complexity index is 680. The standard InChI is InChI=1S/C19H25FN4O/c1-15(12-24-14-21-13-22-24)19(25)23-10-8-16(9-11-23)6-7-17-4-2-3-5-18(17)20/h2-5,13-16H,6-12H2,1H3. The van der Waals surface area contributed by atoms with Crippen LogP contribution in [-0.4, -0.2) is 38.7 Å². The third-order valence-electron chi connectivity index (χ3n) is 5.06. The van der Waals surface area contributed by atoms with Crippen LogP contribution < -0.4 is 0 Å². The molecule has 1 aliphatic heterocycles. The van der Waals surface area contributed by atoms with Crippen LogP contribution in [0.3, 0.4) is 0 Å². The van der Waals surface area contributed by atoms with E-state index in [9.17, 15) is 9.18 Å². The van der Waals surface area contributed by atoms with E-state index in [1.54, 1.807) is 17.1 Å². The van der Waals surface area contributed by atoms with Crippen LogP contribution in [0.1, 0.15) is 31.7 Å². The van der Waals surface area contributed by atoms with Gasteiger partial charge < -0.3 is 4.90 Å². The van der Waals surface area contributed by atoms with Crippen molar-refractivity contribution in [2.45, 2.75) is 39.2 Å². The first-order valence-corrected chi connectivity index (χ1v) is 8.98. The fourth-order valence-corrected chi connectivity index (χ4v) is 3.50. The van der Waals surface area contributed by atoms with Crippen LogP contribution in [-0.2, 0) is 17.8 Å². The van der Waals surface area contributed by atoms with Crippen molar-refractivity contribution in [2.24, 2.45) is 11.8 Å². The van der Waals surface area contributed by atoms with Crippen molar-refractivity contribution in [1.82, 2.24) is 19.7 Å². The smallest absolute Gasteiger partial charge is 0.227 e. The summed E-state index contributed by atoms with van der Waals surface area (Å²) in [5, 5.41) is 4.06. The Balaban J connectivity index is 1.43. The topological polar surface area (TPSA) is 51.0 Å². The lowest BCUT2D eigenvalue weighted by Crippen LogP contribution is -2.42. The van der Waals surface area contributed by atoms with Gasteiger partial charge in [-0.2, -0.15) is 5.10 Å². The Morgan fingerprint density at radius 1 is 1.32 bits per heavy atom. The van der Waals surface area contributed by atoms with Gasteiger partial charge in [-0.15, -0.1) is 0 Å². The van der Waals surface area contributed by atoms with E-state index in [1.807, 2.05) is 24.0 Å². The molecule has 1 aromatic heterocycles. The normalized spacial score (nSPS) is 16.8. The molecule has 0 bridgehead atoms. The van der Waals surface area contributed by atoms with Crippen molar-refractivity contribution < 1.29 is 9.18 Å². The number of aryl methyl sites for hydroxylation is 1. The van der Waals surface area contributed by atoms with Crippen LogP contribution in [0.15, 0.2) is 36.9 Å². The highest BCUT2D eigenvalue weighted by atomic mass is 19.1. The summed E-state index contributed by atoms with van der Waals surface area (Å²) in [4.78, 5) is 18.4. The van der Waals surface area contributed by atoms with Gasteiger partial charge in [-0.05, 0) is 43.2 Å². The van der Waals surface area contributed by atoms with E-state index < -0.39 is 0 Å². The van der Waals surface area contributed by atoms with Gasteiger partial charge in [-0.3, -0.25) is 9.48 Å². The number of benzene rings is 1. The largest absolute Gasteiger partial charge is 0.342 e. The van der Waals surface area contributed by atoms with Crippen molar-refractivity contribution in [3.05, 3.63) is 48.3 Å². The first-order valence-electron chi connectivity index (χ1n) is 8.98. The number of hydrogen-bond acceptors (Lipinski definition) is 3. The Morgan fingerprint density at radius 2 is 2.08 bits per heavy atom. The van der Waals surface area contributed by atoms with Gasteiger partial charge in [-0.1, -0.05) is 25.1 Å². The van der Waals surface area contributed by atoms with Crippen molar-refractivity contribution in [1.29, 1.82) is 0 Å². The summed E-state index contributed by atoms with van der Waals surface area (Å²) in [6.45, 7) is 4.09. The number of likely N-dealkylation sites (tertiary alicyclic amines) is 1. The minimum atomic E-state index is -0.114. The molecule has 1 amide bonds. The molecule has 25 heavy (non-hydrogen) atoms. The Labute approximate surface area is 147 Å². The third kappa shape index (κ3) is 4.65. The highest BCUT2D eigenvalue weighted by Crippen LogP contribution is 2.24. The molecule has 134 valence electrons. The van der Waals surface area contributed by atoms with E-state index >= 15 is 0 Å². The average Bonchev–Trinajstić information content (AvgIpc) is 3.14. The summed E-state index contributed by atoms with van der Waals surface area (Å²) in [7, 11) is 0. The van der Waals surface area contributed by atoms with E-state index in [-0.39, 0.29) is 17.6 Å². The maximum Gasteiger partial charge on any atom is 0.227 e. The van der Waals surface area contributed by atoms with Crippen molar-refractivity contribution in [3.8, 4) is 0 Å². The second kappa shape index (κ2) is 8.23. The highest BCUT2D eigenvalue weighted by Gasteiger charge is 2.26. The predicted octanol–water partition coefficient (Wildman–Crippen LogP) is 2.92. The van der Waals surface area contributed by atoms with Crippen LogP contribution >= 0.6 is 0 Å². The molecule has 6 heteroatoms. The predicted molar refractivity (Wildman–Crippen MR) is 93.2 cm³/mol. The fourth-order valence-electron chi connectivity index (χ4n) is 3.50. The molecule has 5 nitrogen and oxygen atoms in total. The van der Waals surface area contributed by atoms with Gasteiger partial charge in [0.1, 0.15) is 18.5 Å². The number of carbonyl (C=O) groups is 1. The molecule has 3 rings (SSSR count). The molecular formula is C19H25FN4O. The molecule has 1 atom stereocenters. The summed E-state index contributed by atoms with van der Waals surface area (Å²) in [5.41, 5.74) is 0.794. The minimum absolute atomic E-state index is 0.100. The fraction of sp³-hybridized carbons (Fsp3) is 0.526. The Hall–Kier alpha value is -2.24. The number of amides is 1. The van der Waals surface area contributed by atoms with E-state index in [2.05, 4.69) is 10.1 Å². The van der Waals surface area contributed by atoms with Gasteiger partial charge in [0.25, 0.3) is 0 Å². The lowest BCUT2D eigenvalue weighted by Gasteiger charge is -2.33. The first kappa shape index (κ1) is 17.6. The number of halogens is 1. The van der Waals surface area contributed by atoms with Crippen molar-refractivity contribution in [2.75, 3.05) is 13.1 Å². The quantitative estimate of drug-likeness (QED) is 0.810. The molecular weight excluding hydrogens is 319 g/mol. The van der Waals surface area contributed by atoms with Crippen molar-refractivity contribution >= 4 is 5.91 Å². The van der Waals surface area contributed by atoms with E-state index in [0.717, 1.165) is 44.3 Å². The van der Waals surface area contributed by atoms with E-state index in [0.29, 0.717) is 12.5 Å². The number of hydrogen-bond donors (Lipinski definition) is 0. The zero-order valence-electron chi connectivity index (χ0n) is 14.6. The van der Waals surface area contributed by atoms with Gasteiger partial charge in [-0.25, -0.2) is 9.37 Å². The van der Waals surface area contributed by atoms with Gasteiger partial charge >= 0.3 is 0 Å². The maximum absolute atomic E-state index is 13.7. The maximum atomic E-state index is 13.7. The molecule has 1 unspecified atom stereocenters. The third-order valence-corrected chi connectivity index (χ3v) is 5.06. The summed E-state index contributed by atoms with van der Waals surface area (Å²) in [5.74, 6) is 0.533. The molecule has 1 aromatic carbocycles. The highest BCUT2D eigenvalue weighted by molar-refractivity contribution is 5.78. The van der Waals surface area contributed by atoms with Gasteiger partial charge in [0, 0.05) is 13.1 Å². The number of carbonyl (C=O) groups excluding carboxylic acids is 1. The first-order chi connectivity index (χ1) is 12.1. The molecule has 0 radical (unpaired) electrons. The van der Waals surface area contributed by atoms with Crippen molar-refractivity contribution in [3.63, 3.8) is 0 Å². The molecule has 1 fully saturated rings. The molecule has 1 saturated heterocycles. The molecule has 0 aliphatic carbocycles. The second-order valence-electron chi connectivity index (χ2n) is 6.92. The monoisotopic (exact) mass is 344 g/mol. The van der Waals surface area contributed by atoms with Crippen LogP contribution in [0, 0.1) is 17.7 Å². The van der Waals surface area contributed by atoms with Crippen LogP contribution in [0.2, 0.25) is 0 Å². The van der Waals surface area contributed by atoms with E-state index in [4.69, 9.17) is 0 Å². The zero-order chi connectivity index (χ0) is 17.6.